The largest absolute Gasteiger partial charge is 0.367 e. The minimum Gasteiger partial charge on any atom is -0.367 e. The van der Waals surface area contributed by atoms with Crippen molar-refractivity contribution in [1.82, 2.24) is 0 Å². The first-order valence-corrected chi connectivity index (χ1v) is 22.0. The molecule has 4 aromatic carbocycles. The van der Waals surface area contributed by atoms with E-state index >= 15 is 0 Å². The second-order valence-electron chi connectivity index (χ2n) is 11.1. The molecule has 0 saturated carbocycles. The van der Waals surface area contributed by atoms with Crippen LogP contribution in [0.1, 0.15) is 34.5 Å². The molecule has 51 heavy (non-hydrogen) atoms. The third kappa shape index (κ3) is 10.6. The van der Waals surface area contributed by atoms with Gasteiger partial charge >= 0.3 is 0 Å². The molecule has 0 aromatic heterocycles. The third-order valence-corrected chi connectivity index (χ3v) is 13.8. The molecule has 4 rings (SSSR count). The topological polar surface area (TPSA) is 276 Å². The van der Waals surface area contributed by atoms with Gasteiger partial charge in [-0.3, -0.25) is 18.2 Å². The van der Waals surface area contributed by atoms with Gasteiger partial charge in [-0.05, 0) is 59.7 Å². The Morgan fingerprint density at radius 1 is 0.412 bits per heavy atom. The predicted octanol–water partition coefficient (Wildman–Crippen LogP) is 3.81. The number of hydrogen-bond donors (Lipinski definition) is 6. The zero-order valence-corrected chi connectivity index (χ0v) is 30.1. The Hall–Kier alpha value is -3.93. The Kier molecular flexibility index (Phi) is 12.0. The Balaban J connectivity index is 1.53. The number of sulfone groups is 1. The van der Waals surface area contributed by atoms with Crippen LogP contribution in [0.4, 0.5) is 11.4 Å². The molecular weight excluding hydrogens is 773 g/mol. The molecule has 0 aliphatic rings. The fourth-order valence-electron chi connectivity index (χ4n) is 5.06. The number of hydrogen-bond acceptors (Lipinski definition) is 12. The Bertz CT molecular complexity index is 2210. The summed E-state index contributed by atoms with van der Waals surface area (Å²) >= 11 is 0. The second kappa shape index (κ2) is 15.4. The van der Waals surface area contributed by atoms with Gasteiger partial charge in [0.2, 0.25) is 9.84 Å². The van der Waals surface area contributed by atoms with Crippen molar-refractivity contribution in [3.8, 4) is 0 Å². The molecule has 0 unspecified atom stereocenters. The van der Waals surface area contributed by atoms with Gasteiger partial charge in [-0.2, -0.15) is 33.7 Å². The maximum absolute atomic E-state index is 13.3. The van der Waals surface area contributed by atoms with Crippen LogP contribution in [0.3, 0.4) is 0 Å². The van der Waals surface area contributed by atoms with E-state index in [4.69, 9.17) is 0 Å². The van der Waals surface area contributed by atoms with Crippen LogP contribution in [0.15, 0.2) is 119 Å². The van der Waals surface area contributed by atoms with Gasteiger partial charge in [-0.25, -0.2) is 8.42 Å². The summed E-state index contributed by atoms with van der Waals surface area (Å²) in [6, 6.07) is 23.4. The first-order chi connectivity index (χ1) is 23.6. The summed E-state index contributed by atoms with van der Waals surface area (Å²) in [5.74, 6) is 0. The lowest BCUT2D eigenvalue weighted by molar-refractivity contribution is 0.448. The summed E-state index contributed by atoms with van der Waals surface area (Å²) in [6.45, 7) is 0. The standard InChI is InChI=1S/C30H32N2O14S5/c33-47(34,25-15-11-23(12-16-25)31-29(50(41,42)43)19-27(48(35,36)37)21-7-3-1-4-8-21)26-17-13-24(14-18-26)32-30(51(44,45)46)20-28(49(38,39)40)22-9-5-2-6-10-22/h1-18,27-32H,19-20H2,(H,35,36,37)(H,38,39,40)(H,41,42,43)(H,44,45,46)/t27-,28-,29+,30+/m1/s1. The molecule has 0 bridgehead atoms. The predicted molar refractivity (Wildman–Crippen MR) is 187 cm³/mol. The highest BCUT2D eigenvalue weighted by Crippen LogP contribution is 2.32. The van der Waals surface area contributed by atoms with Crippen molar-refractivity contribution in [3.63, 3.8) is 0 Å². The maximum Gasteiger partial charge on any atom is 0.286 e. The molecule has 0 heterocycles. The second-order valence-corrected chi connectivity index (χ2v) is 19.5. The number of nitrogens with one attached hydrogen (secondary N) is 2. The fourth-order valence-corrected chi connectivity index (χ4v) is 9.88. The van der Waals surface area contributed by atoms with Gasteiger partial charge in [-0.15, -0.1) is 0 Å². The zero-order chi connectivity index (χ0) is 37.8. The summed E-state index contributed by atoms with van der Waals surface area (Å²) in [7, 11) is -23.9. The van der Waals surface area contributed by atoms with E-state index in [-0.39, 0.29) is 32.3 Å². The molecule has 4 atom stereocenters. The molecule has 0 spiro atoms. The van der Waals surface area contributed by atoms with Crippen LogP contribution in [0.25, 0.3) is 0 Å². The van der Waals surface area contributed by atoms with Gasteiger partial charge in [0, 0.05) is 24.2 Å². The average Bonchev–Trinajstić information content (AvgIpc) is 3.04. The van der Waals surface area contributed by atoms with E-state index in [1.807, 2.05) is 0 Å². The van der Waals surface area contributed by atoms with E-state index < -0.39 is 84.4 Å². The summed E-state index contributed by atoms with van der Waals surface area (Å²) in [5, 5.41) is -2.49. The van der Waals surface area contributed by atoms with E-state index in [0.29, 0.717) is 0 Å². The van der Waals surface area contributed by atoms with E-state index in [2.05, 4.69) is 10.6 Å². The molecule has 0 aliphatic carbocycles. The van der Waals surface area contributed by atoms with Crippen LogP contribution >= 0.6 is 0 Å². The quantitative estimate of drug-likeness (QED) is 0.0879. The van der Waals surface area contributed by atoms with E-state index in [0.717, 1.165) is 48.5 Å². The Labute approximate surface area is 295 Å². The minimum absolute atomic E-state index is 0.0340. The van der Waals surface area contributed by atoms with E-state index in [9.17, 15) is 60.3 Å². The molecule has 0 aliphatic heterocycles. The van der Waals surface area contributed by atoms with Crippen LogP contribution < -0.4 is 10.6 Å². The molecule has 276 valence electrons. The SMILES string of the molecule is O=S(=O)(c1ccc(N[C@H](C[C@H](c2ccccc2)S(=O)(=O)O)S(=O)(=O)O)cc1)c1ccc(N[C@H](C[C@H](c2ccccc2)S(=O)(=O)O)S(=O)(=O)O)cc1. The Morgan fingerprint density at radius 3 is 0.961 bits per heavy atom. The van der Waals surface area contributed by atoms with Crippen molar-refractivity contribution >= 4 is 61.7 Å². The van der Waals surface area contributed by atoms with Gasteiger partial charge in [0.05, 0.1) is 9.79 Å². The highest BCUT2D eigenvalue weighted by Gasteiger charge is 2.35. The van der Waals surface area contributed by atoms with Crippen molar-refractivity contribution in [3.05, 3.63) is 120 Å². The fraction of sp³-hybridized carbons (Fsp3) is 0.200. The summed E-state index contributed by atoms with van der Waals surface area (Å²) in [4.78, 5) is -0.570. The van der Waals surface area contributed by atoms with Crippen LogP contribution in [-0.4, -0.2) is 71.0 Å². The van der Waals surface area contributed by atoms with Crippen molar-refractivity contribution < 1.29 is 60.3 Å². The van der Waals surface area contributed by atoms with E-state index in [1.54, 1.807) is 12.1 Å². The highest BCUT2D eigenvalue weighted by atomic mass is 32.2. The molecule has 4 aromatic rings. The van der Waals surface area contributed by atoms with E-state index in [1.165, 1.54) is 48.5 Å². The van der Waals surface area contributed by atoms with Crippen molar-refractivity contribution in [2.24, 2.45) is 0 Å². The summed E-state index contributed by atoms with van der Waals surface area (Å²) in [5.41, 5.74) is 0.0450. The molecule has 0 amide bonds. The lowest BCUT2D eigenvalue weighted by Gasteiger charge is -2.22. The summed E-state index contributed by atoms with van der Waals surface area (Å²) < 4.78 is 163. The molecule has 6 N–H and O–H groups in total. The molecule has 0 saturated heterocycles. The van der Waals surface area contributed by atoms with Gasteiger partial charge in [0.25, 0.3) is 40.5 Å². The van der Waals surface area contributed by atoms with Crippen LogP contribution in [0, 0.1) is 0 Å². The number of benzene rings is 4. The monoisotopic (exact) mass is 804 g/mol. The van der Waals surface area contributed by atoms with Crippen molar-refractivity contribution in [2.45, 2.75) is 43.9 Å². The Morgan fingerprint density at radius 2 is 0.706 bits per heavy atom. The molecular formula is C30H32N2O14S5. The van der Waals surface area contributed by atoms with Crippen molar-refractivity contribution in [1.29, 1.82) is 0 Å². The third-order valence-electron chi connectivity index (χ3n) is 7.62. The van der Waals surface area contributed by atoms with Gasteiger partial charge in [-0.1, -0.05) is 60.7 Å². The minimum atomic E-state index is -4.96. The number of anilines is 2. The normalized spacial score (nSPS) is 15.3. The van der Waals surface area contributed by atoms with Gasteiger partial charge in [0.15, 0.2) is 10.7 Å². The van der Waals surface area contributed by atoms with Crippen molar-refractivity contribution in [2.75, 3.05) is 10.6 Å². The number of rotatable bonds is 16. The van der Waals surface area contributed by atoms with Gasteiger partial charge < -0.3 is 10.6 Å². The van der Waals surface area contributed by atoms with Crippen LogP contribution in [0.5, 0.6) is 0 Å². The molecule has 16 nitrogen and oxygen atoms in total. The van der Waals surface area contributed by atoms with Crippen LogP contribution in [-0.2, 0) is 50.3 Å². The average molecular weight is 805 g/mol. The maximum atomic E-state index is 13.3. The first-order valence-electron chi connectivity index (χ1n) is 14.5. The molecule has 21 heteroatoms. The first kappa shape index (κ1) is 39.8. The highest BCUT2D eigenvalue weighted by molar-refractivity contribution is 7.91. The lowest BCUT2D eigenvalue weighted by atomic mass is 10.1. The zero-order valence-electron chi connectivity index (χ0n) is 26.0. The lowest BCUT2D eigenvalue weighted by Crippen LogP contribution is -2.33. The molecule has 0 radical (unpaired) electrons. The van der Waals surface area contributed by atoms with Crippen LogP contribution in [0.2, 0.25) is 0 Å². The smallest absolute Gasteiger partial charge is 0.286 e. The molecule has 0 fully saturated rings. The van der Waals surface area contributed by atoms with Gasteiger partial charge in [0.1, 0.15) is 10.5 Å². The summed E-state index contributed by atoms with van der Waals surface area (Å²) in [6.07, 6.45) is -1.63.